The van der Waals surface area contributed by atoms with E-state index in [4.69, 9.17) is 46.4 Å². The first-order valence-corrected chi connectivity index (χ1v) is 8.91. The van der Waals surface area contributed by atoms with Crippen LogP contribution in [0.5, 0.6) is 0 Å². The van der Waals surface area contributed by atoms with Crippen LogP contribution in [0.3, 0.4) is 0 Å². The number of allylic oxidation sites excluding steroid dienone is 2. The summed E-state index contributed by atoms with van der Waals surface area (Å²) < 4.78 is 3.73. The van der Waals surface area contributed by atoms with E-state index in [1.807, 2.05) is 12.2 Å². The number of nitrogens with zero attached hydrogens (tertiary/aromatic N) is 1. The van der Waals surface area contributed by atoms with Crippen molar-refractivity contribution in [2.75, 3.05) is 0 Å². The number of imide groups is 1. The third-order valence-corrected chi connectivity index (χ3v) is 6.36. The monoisotopic (exact) mass is 417 g/mol. The van der Waals surface area contributed by atoms with Gasteiger partial charge in [0.15, 0.2) is 4.84 Å². The molecular weight excluding hydrogens is 404 g/mol. The van der Waals surface area contributed by atoms with Gasteiger partial charge in [0.25, 0.3) is 0 Å². The topological polar surface area (TPSA) is 46.6 Å². The molecule has 2 unspecified atom stereocenters. The molecule has 1 aliphatic carbocycles. The number of carbonyl (C=O) groups is 2. The highest BCUT2D eigenvalue weighted by Gasteiger charge is 2.51. The van der Waals surface area contributed by atoms with E-state index in [1.165, 1.54) is 12.5 Å². The first-order valence-electron chi connectivity index (χ1n) is 6.51. The highest BCUT2D eigenvalue weighted by molar-refractivity contribution is 8.02. The van der Waals surface area contributed by atoms with Gasteiger partial charge >= 0.3 is 0 Å². The molecule has 128 valence electrons. The van der Waals surface area contributed by atoms with E-state index in [1.54, 1.807) is 0 Å². The first kappa shape index (κ1) is 20.7. The summed E-state index contributed by atoms with van der Waals surface area (Å²) in [5, 5.41) is 0. The lowest BCUT2D eigenvalue weighted by atomic mass is 9.85. The van der Waals surface area contributed by atoms with Crippen LogP contribution in [-0.2, 0) is 14.3 Å². The summed E-state index contributed by atoms with van der Waals surface area (Å²) >= 11 is 23.7. The van der Waals surface area contributed by atoms with Gasteiger partial charge in [0.05, 0.1) is 24.4 Å². The number of ether oxygens (including phenoxy) is 1. The van der Waals surface area contributed by atoms with Gasteiger partial charge in [-0.05, 0) is 12.8 Å². The van der Waals surface area contributed by atoms with Crippen LogP contribution in [-0.4, -0.2) is 24.6 Å². The van der Waals surface area contributed by atoms with Crippen molar-refractivity contribution in [3.63, 3.8) is 0 Å². The van der Waals surface area contributed by atoms with E-state index >= 15 is 0 Å². The van der Waals surface area contributed by atoms with Crippen molar-refractivity contribution >= 4 is 70.2 Å². The standard InChI is InChI=1S/C10H9Cl4NO2S.C4H6O/c11-9(12)10(13,14)18-15-7(16)5-3-1-2-4-6(5)8(15)17;1-3-5-4-2/h1-2,5-6,9H,3-4H2;3-4H,1-2H2. The average Bonchev–Trinajstić information content (AvgIpc) is 2.74. The fourth-order valence-corrected chi connectivity index (χ4v) is 3.52. The molecule has 2 atom stereocenters. The molecule has 1 heterocycles. The van der Waals surface area contributed by atoms with E-state index in [9.17, 15) is 9.59 Å². The van der Waals surface area contributed by atoms with Crippen molar-refractivity contribution < 1.29 is 14.3 Å². The van der Waals surface area contributed by atoms with Crippen molar-refractivity contribution in [1.29, 1.82) is 0 Å². The first-order chi connectivity index (χ1) is 10.8. The van der Waals surface area contributed by atoms with Gasteiger partial charge in [-0.2, -0.15) is 0 Å². The lowest BCUT2D eigenvalue weighted by molar-refractivity contribution is -0.133. The summed E-state index contributed by atoms with van der Waals surface area (Å²) in [6.45, 7) is 6.51. The Morgan fingerprint density at radius 1 is 1.17 bits per heavy atom. The minimum atomic E-state index is -1.63. The van der Waals surface area contributed by atoms with E-state index < -0.39 is 8.50 Å². The number of rotatable bonds is 5. The van der Waals surface area contributed by atoms with Crippen molar-refractivity contribution in [2.24, 2.45) is 11.8 Å². The smallest absolute Gasteiger partial charge is 0.243 e. The number of fused-ring (bicyclic) bond motifs is 1. The van der Waals surface area contributed by atoms with Crippen LogP contribution in [0, 0.1) is 11.8 Å². The van der Waals surface area contributed by atoms with Crippen LogP contribution >= 0.6 is 58.4 Å². The van der Waals surface area contributed by atoms with Crippen molar-refractivity contribution in [3.8, 4) is 0 Å². The molecule has 0 bridgehead atoms. The third-order valence-electron chi connectivity index (χ3n) is 3.13. The van der Waals surface area contributed by atoms with Crippen LogP contribution in [0.4, 0.5) is 0 Å². The molecule has 2 aliphatic rings. The zero-order valence-corrected chi connectivity index (χ0v) is 15.8. The maximum absolute atomic E-state index is 12.1. The summed E-state index contributed by atoms with van der Waals surface area (Å²) in [5.41, 5.74) is 0. The second kappa shape index (κ2) is 9.23. The summed E-state index contributed by atoms with van der Waals surface area (Å²) in [7, 11) is 0. The van der Waals surface area contributed by atoms with Crippen LogP contribution in [0.1, 0.15) is 12.8 Å². The minimum Gasteiger partial charge on any atom is -0.474 e. The zero-order valence-electron chi connectivity index (χ0n) is 12.0. The van der Waals surface area contributed by atoms with Gasteiger partial charge in [-0.1, -0.05) is 48.5 Å². The average molecular weight is 419 g/mol. The Hall–Kier alpha value is -0.330. The molecule has 4 nitrogen and oxygen atoms in total. The lowest BCUT2D eigenvalue weighted by Gasteiger charge is -2.24. The number of halogens is 4. The van der Waals surface area contributed by atoms with Gasteiger partial charge in [0.1, 0.15) is 0 Å². The van der Waals surface area contributed by atoms with Gasteiger partial charge in [-0.3, -0.25) is 9.59 Å². The maximum atomic E-state index is 12.1. The Morgan fingerprint density at radius 3 is 1.91 bits per heavy atom. The highest BCUT2D eigenvalue weighted by Crippen LogP contribution is 2.48. The second-order valence-electron chi connectivity index (χ2n) is 4.55. The van der Waals surface area contributed by atoms with Crippen LogP contribution in [0.25, 0.3) is 0 Å². The number of alkyl halides is 4. The Labute approximate surface area is 159 Å². The number of carbonyl (C=O) groups excluding carboxylic acids is 2. The Morgan fingerprint density at radius 2 is 1.61 bits per heavy atom. The molecule has 2 amide bonds. The van der Waals surface area contributed by atoms with Gasteiger partial charge in [-0.25, -0.2) is 4.31 Å². The second-order valence-corrected chi connectivity index (χ2v) is 8.67. The van der Waals surface area contributed by atoms with Gasteiger partial charge in [0.2, 0.25) is 15.5 Å². The SMILES string of the molecule is C=COC=C.O=C1C2CC=CCC2C(=O)N1SC(Cl)(Cl)C(Cl)Cl. The van der Waals surface area contributed by atoms with E-state index in [0.717, 1.165) is 4.31 Å². The number of hydrogen-bond acceptors (Lipinski definition) is 4. The zero-order chi connectivity index (χ0) is 17.6. The molecule has 0 aromatic rings. The van der Waals surface area contributed by atoms with Crippen LogP contribution < -0.4 is 0 Å². The summed E-state index contributed by atoms with van der Waals surface area (Å²) in [6, 6.07) is 0. The largest absolute Gasteiger partial charge is 0.474 e. The molecule has 0 saturated carbocycles. The van der Waals surface area contributed by atoms with Gasteiger partial charge < -0.3 is 4.74 Å². The molecule has 23 heavy (non-hydrogen) atoms. The van der Waals surface area contributed by atoms with E-state index in [0.29, 0.717) is 24.8 Å². The molecule has 0 spiro atoms. The van der Waals surface area contributed by atoms with Crippen LogP contribution in [0.15, 0.2) is 37.8 Å². The Kier molecular flexibility index (Phi) is 8.31. The molecule has 1 saturated heterocycles. The predicted octanol–water partition coefficient (Wildman–Crippen LogP) is 4.81. The highest BCUT2D eigenvalue weighted by atomic mass is 35.5. The van der Waals surface area contributed by atoms with E-state index in [-0.39, 0.29) is 23.7 Å². The molecule has 0 aromatic heterocycles. The maximum Gasteiger partial charge on any atom is 0.243 e. The number of hydrogen-bond donors (Lipinski definition) is 0. The minimum absolute atomic E-state index is 0.279. The van der Waals surface area contributed by atoms with Gasteiger partial charge in [-0.15, -0.1) is 23.2 Å². The molecule has 0 aromatic carbocycles. The summed E-state index contributed by atoms with van der Waals surface area (Å²) in [6.07, 6.45) is 7.56. The van der Waals surface area contributed by atoms with Crippen LogP contribution in [0.2, 0.25) is 0 Å². The fraction of sp³-hybridized carbons (Fsp3) is 0.429. The van der Waals surface area contributed by atoms with Crippen molar-refractivity contribution in [3.05, 3.63) is 37.8 Å². The molecule has 2 rings (SSSR count). The molecule has 0 N–H and O–H groups in total. The molecule has 0 radical (unpaired) electrons. The summed E-state index contributed by atoms with van der Waals surface area (Å²) in [4.78, 5) is 23.1. The predicted molar refractivity (Wildman–Crippen MR) is 96.2 cm³/mol. The van der Waals surface area contributed by atoms with Crippen molar-refractivity contribution in [2.45, 2.75) is 21.3 Å². The summed E-state index contributed by atoms with van der Waals surface area (Å²) in [5.74, 6) is -1.19. The molecule has 1 fully saturated rings. The normalized spacial score (nSPS) is 23.3. The fourth-order valence-electron chi connectivity index (χ4n) is 2.09. The van der Waals surface area contributed by atoms with E-state index in [2.05, 4.69) is 17.9 Å². The molecule has 9 heteroatoms. The quantitative estimate of drug-likeness (QED) is 0.211. The third kappa shape index (κ3) is 5.33. The Balaban J connectivity index is 0.000000463. The lowest BCUT2D eigenvalue weighted by Crippen LogP contribution is -2.31. The number of amides is 2. The van der Waals surface area contributed by atoms with Gasteiger partial charge in [0, 0.05) is 11.9 Å². The van der Waals surface area contributed by atoms with Crippen molar-refractivity contribution in [1.82, 2.24) is 4.31 Å². The Bertz CT molecular complexity index is 478. The molecular formula is C14H15Cl4NO3S. The molecule has 1 aliphatic heterocycles.